The molecule has 6 rings (SSSR count). The highest BCUT2D eigenvalue weighted by Crippen LogP contribution is 2.42. The summed E-state index contributed by atoms with van der Waals surface area (Å²) in [6, 6.07) is 14.0. The van der Waals surface area contributed by atoms with E-state index in [2.05, 4.69) is 40.3 Å². The van der Waals surface area contributed by atoms with Crippen LogP contribution in [0.1, 0.15) is 0 Å². The monoisotopic (exact) mass is 586 g/mol. The van der Waals surface area contributed by atoms with Gasteiger partial charge in [-0.1, -0.05) is 18.6 Å². The van der Waals surface area contributed by atoms with Crippen molar-refractivity contribution < 1.29 is 32.1 Å². The summed E-state index contributed by atoms with van der Waals surface area (Å²) in [6.45, 7) is -0.0248. The van der Waals surface area contributed by atoms with Crippen molar-refractivity contribution in [1.29, 1.82) is 0 Å². The SMILES string of the molecule is C#COc1nc(-c2ccnc(-c3nn[nH]n3)c2)nc(NS(=O)(=O)c2ccc3c(c2)OCO3)c1Oc1ccccc1OC. The summed E-state index contributed by atoms with van der Waals surface area (Å²) < 4.78 is 57.1. The minimum atomic E-state index is -4.28. The molecule has 0 saturated carbocycles. The molecule has 0 fully saturated rings. The van der Waals surface area contributed by atoms with Gasteiger partial charge in [0.2, 0.25) is 18.4 Å². The molecule has 3 aromatic heterocycles. The molecule has 16 heteroatoms. The number of sulfonamides is 1. The maximum Gasteiger partial charge on any atom is 0.279 e. The molecule has 1 aliphatic rings. The number of H-pyrrole nitrogens is 1. The van der Waals surface area contributed by atoms with E-state index < -0.39 is 10.0 Å². The number of para-hydroxylation sites is 2. The van der Waals surface area contributed by atoms with Gasteiger partial charge in [-0.25, -0.2) is 13.4 Å². The highest BCUT2D eigenvalue weighted by molar-refractivity contribution is 7.92. The molecular weight excluding hydrogens is 568 g/mol. The molecule has 4 heterocycles. The number of hydrogen-bond donors (Lipinski definition) is 2. The van der Waals surface area contributed by atoms with Gasteiger partial charge in [-0.2, -0.15) is 10.2 Å². The molecule has 42 heavy (non-hydrogen) atoms. The van der Waals surface area contributed by atoms with Crippen LogP contribution in [0.4, 0.5) is 5.82 Å². The van der Waals surface area contributed by atoms with Gasteiger partial charge in [0.25, 0.3) is 15.9 Å². The van der Waals surface area contributed by atoms with Crippen LogP contribution in [-0.2, 0) is 10.0 Å². The van der Waals surface area contributed by atoms with E-state index in [1.165, 1.54) is 31.5 Å². The zero-order valence-electron chi connectivity index (χ0n) is 21.5. The summed E-state index contributed by atoms with van der Waals surface area (Å²) >= 11 is 0. The minimum absolute atomic E-state index is 0.0168. The van der Waals surface area contributed by atoms with Crippen LogP contribution in [0.25, 0.3) is 22.9 Å². The number of tetrazole rings is 1. The molecule has 0 bridgehead atoms. The first kappa shape index (κ1) is 26.3. The molecule has 0 radical (unpaired) electrons. The van der Waals surface area contributed by atoms with Crippen LogP contribution in [0.3, 0.4) is 0 Å². The summed E-state index contributed by atoms with van der Waals surface area (Å²) in [5, 5.41) is 13.7. The summed E-state index contributed by atoms with van der Waals surface area (Å²) in [7, 11) is -2.83. The van der Waals surface area contributed by atoms with Crippen LogP contribution < -0.4 is 28.4 Å². The number of anilines is 1. The Hall–Kier alpha value is -5.95. The molecule has 0 aliphatic carbocycles. The van der Waals surface area contributed by atoms with E-state index in [-0.39, 0.29) is 52.3 Å². The molecule has 0 saturated heterocycles. The highest BCUT2D eigenvalue weighted by atomic mass is 32.2. The lowest BCUT2D eigenvalue weighted by Gasteiger charge is -2.17. The zero-order chi connectivity index (χ0) is 29.1. The van der Waals surface area contributed by atoms with Crippen LogP contribution >= 0.6 is 0 Å². The average molecular weight is 587 g/mol. The fourth-order valence-corrected chi connectivity index (χ4v) is 4.87. The Morgan fingerprint density at radius 2 is 1.86 bits per heavy atom. The number of rotatable bonds is 9. The first-order valence-electron chi connectivity index (χ1n) is 11.9. The molecular formula is C26H18N8O7S. The third-order valence-corrected chi connectivity index (χ3v) is 7.09. The van der Waals surface area contributed by atoms with Crippen molar-refractivity contribution in [3.8, 4) is 70.1 Å². The van der Waals surface area contributed by atoms with E-state index in [9.17, 15) is 8.42 Å². The van der Waals surface area contributed by atoms with Crippen molar-refractivity contribution in [3.05, 3.63) is 60.8 Å². The molecule has 210 valence electrons. The fourth-order valence-electron chi connectivity index (χ4n) is 3.85. The van der Waals surface area contributed by atoms with Gasteiger partial charge in [0.1, 0.15) is 11.8 Å². The van der Waals surface area contributed by atoms with Gasteiger partial charge >= 0.3 is 0 Å². The Morgan fingerprint density at radius 3 is 2.64 bits per heavy atom. The Bertz CT molecular complexity index is 1930. The number of aromatic nitrogens is 7. The first-order chi connectivity index (χ1) is 20.4. The maximum absolute atomic E-state index is 13.6. The third-order valence-electron chi connectivity index (χ3n) is 5.75. The molecule has 5 aromatic rings. The van der Waals surface area contributed by atoms with Gasteiger partial charge in [-0.3, -0.25) is 9.71 Å². The quantitative estimate of drug-likeness (QED) is 0.240. The third kappa shape index (κ3) is 5.14. The molecule has 0 unspecified atom stereocenters. The van der Waals surface area contributed by atoms with Gasteiger partial charge in [-0.05, 0) is 41.6 Å². The van der Waals surface area contributed by atoms with Crippen molar-refractivity contribution in [3.63, 3.8) is 0 Å². The van der Waals surface area contributed by atoms with E-state index in [1.54, 1.807) is 36.4 Å². The average Bonchev–Trinajstić information content (AvgIpc) is 3.71. The van der Waals surface area contributed by atoms with E-state index in [0.717, 1.165) is 0 Å². The van der Waals surface area contributed by atoms with Crippen molar-refractivity contribution in [2.24, 2.45) is 0 Å². The zero-order valence-corrected chi connectivity index (χ0v) is 22.3. The van der Waals surface area contributed by atoms with Crippen molar-refractivity contribution in [1.82, 2.24) is 35.6 Å². The van der Waals surface area contributed by atoms with Gasteiger partial charge in [0.15, 0.2) is 34.6 Å². The number of terminal acetylenes is 1. The number of ether oxygens (including phenoxy) is 5. The summed E-state index contributed by atoms with van der Waals surface area (Å²) in [5.74, 6) is 0.716. The smallest absolute Gasteiger partial charge is 0.279 e. The number of pyridine rings is 1. The summed E-state index contributed by atoms with van der Waals surface area (Å²) in [4.78, 5) is 13.0. The largest absolute Gasteiger partial charge is 0.493 e. The number of nitrogens with zero attached hydrogens (tertiary/aromatic N) is 6. The second-order valence-corrected chi connectivity index (χ2v) is 9.97. The Kier molecular flexibility index (Phi) is 6.82. The molecule has 2 N–H and O–H groups in total. The highest BCUT2D eigenvalue weighted by Gasteiger charge is 2.27. The Balaban J connectivity index is 1.49. The molecule has 0 spiro atoms. The van der Waals surface area contributed by atoms with Gasteiger partial charge in [0, 0.05) is 17.8 Å². The van der Waals surface area contributed by atoms with Crippen molar-refractivity contribution in [2.45, 2.75) is 4.90 Å². The van der Waals surface area contributed by atoms with E-state index in [4.69, 9.17) is 30.1 Å². The second-order valence-electron chi connectivity index (χ2n) is 8.29. The standard InChI is InChI=1S/C26H18N8O7S/c1-3-38-26-22(41-20-7-5-4-6-18(20)37-2)25(32-42(35,36)16-8-9-19-21(13-16)40-14-39-19)28-23(29-26)15-10-11-27-17(12-15)24-30-33-34-31-24/h1,4-13H,14H2,2H3,(H,28,29,32)(H,30,31,33,34). The van der Waals surface area contributed by atoms with Crippen LogP contribution in [0.5, 0.6) is 34.6 Å². The van der Waals surface area contributed by atoms with Crippen LogP contribution in [0.15, 0.2) is 65.7 Å². The maximum atomic E-state index is 13.6. The second kappa shape index (κ2) is 10.9. The lowest BCUT2D eigenvalue weighted by atomic mass is 10.2. The summed E-state index contributed by atoms with van der Waals surface area (Å²) in [5.41, 5.74) is 0.750. The van der Waals surface area contributed by atoms with Crippen molar-refractivity contribution in [2.75, 3.05) is 18.6 Å². The van der Waals surface area contributed by atoms with Gasteiger partial charge in [0.05, 0.1) is 12.0 Å². The number of nitrogens with one attached hydrogen (secondary N) is 2. The first-order valence-corrected chi connectivity index (χ1v) is 13.4. The number of hydrogen-bond acceptors (Lipinski definition) is 13. The summed E-state index contributed by atoms with van der Waals surface area (Å²) in [6.07, 6.45) is 8.98. The predicted octanol–water partition coefficient (Wildman–Crippen LogP) is 3.02. The van der Waals surface area contributed by atoms with Crippen molar-refractivity contribution >= 4 is 15.8 Å². The number of methoxy groups -OCH3 is 1. The molecule has 1 aliphatic heterocycles. The normalized spacial score (nSPS) is 11.9. The number of benzene rings is 2. The molecule has 15 nitrogen and oxygen atoms in total. The van der Waals surface area contributed by atoms with Crippen LogP contribution in [0, 0.1) is 12.5 Å². The van der Waals surface area contributed by atoms with E-state index in [1.807, 2.05) is 6.11 Å². The molecule has 0 amide bonds. The Labute approximate surface area is 237 Å². The van der Waals surface area contributed by atoms with Crippen LogP contribution in [-0.4, -0.2) is 57.9 Å². The number of aromatic amines is 1. The lowest BCUT2D eigenvalue weighted by Crippen LogP contribution is -2.16. The molecule has 0 atom stereocenters. The van der Waals surface area contributed by atoms with E-state index >= 15 is 0 Å². The predicted molar refractivity (Wildman–Crippen MR) is 144 cm³/mol. The van der Waals surface area contributed by atoms with Gasteiger partial charge in [-0.15, -0.1) is 10.2 Å². The fraction of sp³-hybridized carbons (Fsp3) is 0.0769. The number of fused-ring (bicyclic) bond motifs is 1. The Morgan fingerprint density at radius 1 is 1.02 bits per heavy atom. The lowest BCUT2D eigenvalue weighted by molar-refractivity contribution is 0.174. The van der Waals surface area contributed by atoms with E-state index in [0.29, 0.717) is 22.8 Å². The minimum Gasteiger partial charge on any atom is -0.493 e. The van der Waals surface area contributed by atoms with Crippen LogP contribution in [0.2, 0.25) is 0 Å². The molecule has 2 aromatic carbocycles. The topological polar surface area (TPSA) is 185 Å². The van der Waals surface area contributed by atoms with Gasteiger partial charge < -0.3 is 23.7 Å².